The minimum Gasteiger partial charge on any atom is -0.339 e. The summed E-state index contributed by atoms with van der Waals surface area (Å²) >= 11 is 0. The summed E-state index contributed by atoms with van der Waals surface area (Å²) in [6.07, 6.45) is 5.15. The zero-order chi connectivity index (χ0) is 19.9. The Balaban J connectivity index is 0.00000240. The molecule has 6 nitrogen and oxygen atoms in total. The average molecular weight is 421 g/mol. The van der Waals surface area contributed by atoms with Crippen LogP contribution in [0.4, 0.5) is 0 Å². The molecule has 3 heterocycles. The van der Waals surface area contributed by atoms with E-state index in [0.29, 0.717) is 17.5 Å². The third-order valence-corrected chi connectivity index (χ3v) is 5.86. The molecule has 1 N–H and O–H groups in total. The Bertz CT molecular complexity index is 862. The van der Waals surface area contributed by atoms with E-state index in [-0.39, 0.29) is 23.7 Å². The van der Waals surface area contributed by atoms with E-state index in [0.717, 1.165) is 74.1 Å². The van der Waals surface area contributed by atoms with Gasteiger partial charge in [0.15, 0.2) is 0 Å². The molecule has 4 rings (SSSR count). The Morgan fingerprint density at radius 2 is 1.93 bits per heavy atom. The molecule has 160 valence electrons. The number of halogens is 1. The standard InChI is InChI=1S/C22H32N4O2.ClH/c1-22(2,3)12-18-19-16(11-17(15-5-6-15)24-20(19)28-25-18)21(27)26-9-7-14(8-10-26)13-23-4;/h11,14-15,23H,5-10,12-13H2,1-4H3;1H. The number of fused-ring (bicyclic) bond motifs is 1. The lowest BCUT2D eigenvalue weighted by molar-refractivity contribution is 0.0692. The molecule has 29 heavy (non-hydrogen) atoms. The van der Waals surface area contributed by atoms with Gasteiger partial charge in [-0.15, -0.1) is 12.4 Å². The summed E-state index contributed by atoms with van der Waals surface area (Å²) in [5.41, 5.74) is 3.16. The molecule has 1 aliphatic carbocycles. The molecule has 7 heteroatoms. The van der Waals surface area contributed by atoms with Gasteiger partial charge in [-0.1, -0.05) is 25.9 Å². The SMILES string of the molecule is CNCC1CCN(C(=O)c2cc(C3CC3)nc3onc(CC(C)(C)C)c23)CC1.Cl. The first-order valence-electron chi connectivity index (χ1n) is 10.6. The normalized spacial score (nSPS) is 18.1. The number of hydrogen-bond acceptors (Lipinski definition) is 5. The van der Waals surface area contributed by atoms with Crippen LogP contribution in [-0.4, -0.2) is 47.6 Å². The minimum absolute atomic E-state index is 0. The highest BCUT2D eigenvalue weighted by atomic mass is 35.5. The van der Waals surface area contributed by atoms with E-state index in [2.05, 4.69) is 31.2 Å². The Morgan fingerprint density at radius 3 is 2.52 bits per heavy atom. The molecule has 1 saturated heterocycles. The van der Waals surface area contributed by atoms with Crippen LogP contribution >= 0.6 is 12.4 Å². The molecular weight excluding hydrogens is 388 g/mol. The first-order valence-corrected chi connectivity index (χ1v) is 10.6. The fourth-order valence-corrected chi connectivity index (χ4v) is 4.21. The van der Waals surface area contributed by atoms with Gasteiger partial charge in [0.25, 0.3) is 11.6 Å². The second-order valence-corrected chi connectivity index (χ2v) is 9.71. The van der Waals surface area contributed by atoms with Gasteiger partial charge in [0.2, 0.25) is 0 Å². The van der Waals surface area contributed by atoms with Crippen LogP contribution in [0.5, 0.6) is 0 Å². The summed E-state index contributed by atoms with van der Waals surface area (Å²) in [5, 5.41) is 8.39. The number of carbonyl (C=O) groups is 1. The van der Waals surface area contributed by atoms with Crippen LogP contribution in [0.2, 0.25) is 0 Å². The highest BCUT2D eigenvalue weighted by Gasteiger charge is 2.32. The van der Waals surface area contributed by atoms with Crippen LogP contribution in [0.3, 0.4) is 0 Å². The van der Waals surface area contributed by atoms with Gasteiger partial charge >= 0.3 is 0 Å². The lowest BCUT2D eigenvalue weighted by Crippen LogP contribution is -2.40. The summed E-state index contributed by atoms with van der Waals surface area (Å²) in [6.45, 7) is 9.17. The molecule has 2 fully saturated rings. The summed E-state index contributed by atoms with van der Waals surface area (Å²) in [5.74, 6) is 1.23. The van der Waals surface area contributed by atoms with Crippen LogP contribution in [0.15, 0.2) is 10.6 Å². The predicted octanol–water partition coefficient (Wildman–Crippen LogP) is 4.18. The van der Waals surface area contributed by atoms with E-state index >= 15 is 0 Å². The van der Waals surface area contributed by atoms with Crippen molar-refractivity contribution in [3.05, 3.63) is 23.0 Å². The van der Waals surface area contributed by atoms with Gasteiger partial charge in [0.05, 0.1) is 16.6 Å². The van der Waals surface area contributed by atoms with Gasteiger partial charge in [0, 0.05) is 24.7 Å². The number of rotatable bonds is 5. The van der Waals surface area contributed by atoms with Crippen LogP contribution in [-0.2, 0) is 6.42 Å². The topological polar surface area (TPSA) is 71.3 Å². The second-order valence-electron chi connectivity index (χ2n) is 9.71. The molecule has 2 aromatic rings. The zero-order valence-corrected chi connectivity index (χ0v) is 18.8. The van der Waals surface area contributed by atoms with Crippen molar-refractivity contribution in [3.8, 4) is 0 Å². The van der Waals surface area contributed by atoms with Gasteiger partial charge in [-0.05, 0) is 63.1 Å². The fourth-order valence-electron chi connectivity index (χ4n) is 4.21. The highest BCUT2D eigenvalue weighted by molar-refractivity contribution is 6.06. The van der Waals surface area contributed by atoms with Gasteiger partial charge < -0.3 is 14.7 Å². The quantitative estimate of drug-likeness (QED) is 0.785. The van der Waals surface area contributed by atoms with Crippen LogP contribution in [0.25, 0.3) is 11.1 Å². The van der Waals surface area contributed by atoms with Crippen molar-refractivity contribution in [1.29, 1.82) is 0 Å². The van der Waals surface area contributed by atoms with Crippen molar-refractivity contribution in [2.45, 2.75) is 58.8 Å². The third-order valence-electron chi connectivity index (χ3n) is 5.86. The average Bonchev–Trinajstić information content (AvgIpc) is 3.43. The van der Waals surface area contributed by atoms with Gasteiger partial charge in [-0.2, -0.15) is 0 Å². The van der Waals surface area contributed by atoms with E-state index in [1.807, 2.05) is 18.0 Å². The highest BCUT2D eigenvalue weighted by Crippen LogP contribution is 2.41. The molecule has 0 spiro atoms. The molecule has 0 atom stereocenters. The first kappa shape index (κ1) is 22.0. The lowest BCUT2D eigenvalue weighted by Gasteiger charge is -2.32. The van der Waals surface area contributed by atoms with Crippen molar-refractivity contribution in [3.63, 3.8) is 0 Å². The number of nitrogens with one attached hydrogen (secondary N) is 1. The van der Waals surface area contributed by atoms with Gasteiger partial charge in [-0.3, -0.25) is 4.79 Å². The van der Waals surface area contributed by atoms with Crippen molar-refractivity contribution >= 4 is 29.4 Å². The van der Waals surface area contributed by atoms with Crippen molar-refractivity contribution in [2.24, 2.45) is 11.3 Å². The summed E-state index contributed by atoms with van der Waals surface area (Å²) < 4.78 is 5.60. The molecule has 1 amide bonds. The van der Waals surface area contributed by atoms with Gasteiger partial charge in [-0.25, -0.2) is 4.98 Å². The Kier molecular flexibility index (Phi) is 6.54. The van der Waals surface area contributed by atoms with E-state index in [1.54, 1.807) is 0 Å². The molecule has 2 aliphatic rings. The summed E-state index contributed by atoms with van der Waals surface area (Å²) in [4.78, 5) is 20.2. The number of likely N-dealkylation sites (tertiary alicyclic amines) is 1. The number of nitrogens with zero attached hydrogens (tertiary/aromatic N) is 3. The molecule has 0 unspecified atom stereocenters. The first-order chi connectivity index (χ1) is 13.4. The second kappa shape index (κ2) is 8.60. The number of hydrogen-bond donors (Lipinski definition) is 1. The molecule has 1 aliphatic heterocycles. The van der Waals surface area contributed by atoms with E-state index < -0.39 is 0 Å². The molecule has 0 aromatic carbocycles. The predicted molar refractivity (Wildman–Crippen MR) is 117 cm³/mol. The Morgan fingerprint density at radius 1 is 1.24 bits per heavy atom. The smallest absolute Gasteiger partial charge is 0.259 e. The maximum Gasteiger partial charge on any atom is 0.259 e. The van der Waals surface area contributed by atoms with E-state index in [1.165, 1.54) is 0 Å². The molecule has 0 radical (unpaired) electrons. The number of amides is 1. The maximum atomic E-state index is 13.5. The summed E-state index contributed by atoms with van der Waals surface area (Å²) in [7, 11) is 1.99. The third kappa shape index (κ3) is 4.92. The molecular formula is C22H33ClN4O2. The lowest BCUT2D eigenvalue weighted by atomic mass is 9.89. The minimum atomic E-state index is 0. The maximum absolute atomic E-state index is 13.5. The van der Waals surface area contributed by atoms with Crippen molar-refractivity contribution in [1.82, 2.24) is 20.4 Å². The van der Waals surface area contributed by atoms with Crippen LogP contribution < -0.4 is 5.32 Å². The summed E-state index contributed by atoms with van der Waals surface area (Å²) in [6, 6.07) is 2.02. The number of pyridine rings is 1. The molecule has 1 saturated carbocycles. The van der Waals surface area contributed by atoms with Crippen molar-refractivity contribution < 1.29 is 9.32 Å². The van der Waals surface area contributed by atoms with E-state index in [9.17, 15) is 4.79 Å². The number of carbonyl (C=O) groups excluding carboxylic acids is 1. The molecule has 0 bridgehead atoms. The van der Waals surface area contributed by atoms with Crippen molar-refractivity contribution in [2.75, 3.05) is 26.7 Å². The van der Waals surface area contributed by atoms with E-state index in [4.69, 9.17) is 9.51 Å². The zero-order valence-electron chi connectivity index (χ0n) is 18.0. The Hall–Kier alpha value is -1.66. The monoisotopic (exact) mass is 420 g/mol. The van der Waals surface area contributed by atoms with Crippen LogP contribution in [0.1, 0.15) is 74.1 Å². The van der Waals surface area contributed by atoms with Crippen LogP contribution in [0, 0.1) is 11.3 Å². The van der Waals surface area contributed by atoms with Gasteiger partial charge in [0.1, 0.15) is 0 Å². The molecule has 2 aromatic heterocycles. The Labute approximate surface area is 179 Å². The largest absolute Gasteiger partial charge is 0.339 e. The number of aromatic nitrogens is 2. The fraction of sp³-hybridized carbons (Fsp3) is 0.682. The number of piperidine rings is 1.